The average molecular weight is 485 g/mol. The van der Waals surface area contributed by atoms with E-state index in [0.717, 1.165) is 12.3 Å². The number of halogens is 1. The zero-order valence-electron chi connectivity index (χ0n) is 13.9. The summed E-state index contributed by atoms with van der Waals surface area (Å²) in [5.74, 6) is -0.163. The third kappa shape index (κ3) is 6.72. The third-order valence-corrected chi connectivity index (χ3v) is 7.04. The number of alkyl halides is 1. The topological polar surface area (TPSA) is 250 Å². The van der Waals surface area contributed by atoms with E-state index in [0.29, 0.717) is 4.57 Å². The first-order chi connectivity index (χ1) is 13.1. The fourth-order valence-corrected chi connectivity index (χ4v) is 5.19. The number of anilines is 1. The van der Waals surface area contributed by atoms with Crippen molar-refractivity contribution in [1.29, 1.82) is 0 Å². The third-order valence-electron chi connectivity index (χ3n) is 3.24. The van der Waals surface area contributed by atoms with Gasteiger partial charge in [0.15, 0.2) is 12.4 Å². The van der Waals surface area contributed by atoms with Gasteiger partial charge in [-0.2, -0.15) is 13.6 Å². The zero-order chi connectivity index (χ0) is 22.2. The normalized spacial score (nSPS) is 29.3. The van der Waals surface area contributed by atoms with Crippen molar-refractivity contribution in [2.75, 3.05) is 12.3 Å². The Labute approximate surface area is 160 Å². The minimum Gasteiger partial charge on any atom is -0.387 e. The molecule has 1 aliphatic rings. The van der Waals surface area contributed by atoms with Crippen LogP contribution in [0.25, 0.3) is 0 Å². The van der Waals surface area contributed by atoms with Crippen LogP contribution in [0.2, 0.25) is 0 Å². The number of nitrogens with zero attached hydrogens (tertiary/aromatic N) is 2. The van der Waals surface area contributed by atoms with E-state index in [2.05, 4.69) is 18.1 Å². The van der Waals surface area contributed by atoms with Crippen molar-refractivity contribution in [3.63, 3.8) is 0 Å². The van der Waals surface area contributed by atoms with Crippen LogP contribution in [-0.2, 0) is 31.6 Å². The molecule has 1 aliphatic heterocycles. The van der Waals surface area contributed by atoms with Crippen molar-refractivity contribution < 1.29 is 60.6 Å². The van der Waals surface area contributed by atoms with Crippen LogP contribution in [-0.4, -0.2) is 59.2 Å². The lowest BCUT2D eigenvalue weighted by Gasteiger charge is -2.19. The maximum Gasteiger partial charge on any atom is 0.490 e. The summed E-state index contributed by atoms with van der Waals surface area (Å²) in [6, 6.07) is 1.14. The number of aromatic nitrogens is 2. The van der Waals surface area contributed by atoms with E-state index in [4.69, 9.17) is 25.2 Å². The predicted molar refractivity (Wildman–Crippen MR) is 87.5 cm³/mol. The van der Waals surface area contributed by atoms with Crippen molar-refractivity contribution in [3.05, 3.63) is 22.7 Å². The number of phosphoric ester groups is 1. The highest BCUT2D eigenvalue weighted by Gasteiger charge is 2.47. The van der Waals surface area contributed by atoms with Crippen LogP contribution in [0.15, 0.2) is 17.1 Å². The van der Waals surface area contributed by atoms with E-state index in [9.17, 15) is 32.9 Å². The molecule has 0 spiro atoms. The standard InChI is InChI=1S/C9H15FN3O13P3/c10-6-7(14)4(24-8(6)13-2-1-5(11)12-9(13)15)3-23-28(19,20)26-29(21,22)25-27(16,17)18/h1-2,4,6-8,14H,3H2,(H,19,20)(H,21,22)(H2,11,12,15)(H2,16,17,18)/t4-,6+,7?,8-/m1/s1. The first-order valence-electron chi connectivity index (χ1n) is 7.21. The van der Waals surface area contributed by atoms with Crippen LogP contribution >= 0.6 is 23.5 Å². The Bertz CT molecular complexity index is 951. The van der Waals surface area contributed by atoms with Gasteiger partial charge in [0.05, 0.1) is 6.61 Å². The zero-order valence-corrected chi connectivity index (χ0v) is 16.5. The molecule has 0 bridgehead atoms. The summed E-state index contributed by atoms with van der Waals surface area (Å²) in [5.41, 5.74) is 4.28. The van der Waals surface area contributed by atoms with Gasteiger partial charge in [0, 0.05) is 6.20 Å². The number of aliphatic hydroxyl groups excluding tert-OH is 1. The first kappa shape index (κ1) is 24.2. The summed E-state index contributed by atoms with van der Waals surface area (Å²) in [4.78, 5) is 50.3. The Morgan fingerprint density at radius 3 is 2.38 bits per heavy atom. The molecule has 1 saturated heterocycles. The smallest absolute Gasteiger partial charge is 0.387 e. The summed E-state index contributed by atoms with van der Waals surface area (Å²) < 4.78 is 64.6. The van der Waals surface area contributed by atoms with E-state index in [-0.39, 0.29) is 5.82 Å². The molecule has 29 heavy (non-hydrogen) atoms. The van der Waals surface area contributed by atoms with Crippen molar-refractivity contribution in [1.82, 2.24) is 9.55 Å². The Morgan fingerprint density at radius 2 is 1.83 bits per heavy atom. The monoisotopic (exact) mass is 485 g/mol. The van der Waals surface area contributed by atoms with E-state index in [1.54, 1.807) is 0 Å². The number of aliphatic hydroxyl groups is 1. The molecule has 166 valence electrons. The summed E-state index contributed by atoms with van der Waals surface area (Å²) in [6.45, 7) is -1.10. The van der Waals surface area contributed by atoms with Crippen molar-refractivity contribution in [2.24, 2.45) is 0 Å². The molecule has 3 unspecified atom stereocenters. The van der Waals surface area contributed by atoms with Gasteiger partial charge in [0.2, 0.25) is 0 Å². The summed E-state index contributed by atoms with van der Waals surface area (Å²) in [6.07, 6.45) is -6.53. The van der Waals surface area contributed by atoms with Crippen molar-refractivity contribution in [3.8, 4) is 0 Å². The van der Waals surface area contributed by atoms with Crippen LogP contribution in [0.4, 0.5) is 10.2 Å². The van der Waals surface area contributed by atoms with Crippen LogP contribution in [0.3, 0.4) is 0 Å². The van der Waals surface area contributed by atoms with Gasteiger partial charge >= 0.3 is 29.2 Å². The second-order valence-electron chi connectivity index (χ2n) is 5.43. The van der Waals surface area contributed by atoms with Crippen molar-refractivity contribution in [2.45, 2.75) is 24.6 Å². The molecule has 2 heterocycles. The summed E-state index contributed by atoms with van der Waals surface area (Å²) >= 11 is 0. The van der Waals surface area contributed by atoms with Crippen LogP contribution < -0.4 is 11.4 Å². The van der Waals surface area contributed by atoms with E-state index in [1.807, 2.05) is 0 Å². The molecular weight excluding hydrogens is 470 g/mol. The number of hydrogen-bond donors (Lipinski definition) is 6. The highest BCUT2D eigenvalue weighted by Crippen LogP contribution is 2.66. The Hall–Kier alpha value is -1.06. The predicted octanol–water partition coefficient (Wildman–Crippen LogP) is -1.23. The summed E-state index contributed by atoms with van der Waals surface area (Å²) in [5, 5.41) is 9.83. The molecule has 1 fully saturated rings. The fraction of sp³-hybridized carbons (Fsp3) is 0.556. The summed E-state index contributed by atoms with van der Waals surface area (Å²) in [7, 11) is -16.8. The minimum atomic E-state index is -5.74. The van der Waals surface area contributed by atoms with Gasteiger partial charge in [-0.15, -0.1) is 0 Å². The Balaban J connectivity index is 2.05. The molecule has 20 heteroatoms. The van der Waals surface area contributed by atoms with Gasteiger partial charge in [0.1, 0.15) is 18.0 Å². The lowest BCUT2D eigenvalue weighted by atomic mass is 10.1. The van der Waals surface area contributed by atoms with E-state index >= 15 is 0 Å². The van der Waals surface area contributed by atoms with E-state index in [1.165, 1.54) is 0 Å². The molecule has 2 rings (SSSR count). The van der Waals surface area contributed by atoms with Crippen molar-refractivity contribution >= 4 is 29.3 Å². The molecule has 16 nitrogen and oxygen atoms in total. The van der Waals surface area contributed by atoms with Crippen LogP contribution in [0.5, 0.6) is 0 Å². The molecule has 1 aromatic heterocycles. The molecular formula is C9H15FN3O13P3. The maximum absolute atomic E-state index is 14.3. The van der Waals surface area contributed by atoms with Gasteiger partial charge in [-0.3, -0.25) is 9.09 Å². The second-order valence-corrected chi connectivity index (χ2v) is 9.85. The number of ether oxygens (including phenoxy) is 1. The van der Waals surface area contributed by atoms with Gasteiger partial charge in [-0.25, -0.2) is 22.9 Å². The molecule has 0 aliphatic carbocycles. The SMILES string of the molecule is Nc1ccn([C@@H]2O[C@H](COP(=O)(O)OP(=O)(O)OP(=O)(O)O)C(O)[C@@H]2F)c(=O)n1. The van der Waals surface area contributed by atoms with Gasteiger partial charge in [-0.1, -0.05) is 0 Å². The Morgan fingerprint density at radius 1 is 1.21 bits per heavy atom. The Kier molecular flexibility index (Phi) is 7.17. The lowest BCUT2D eigenvalue weighted by Crippen LogP contribution is -2.33. The molecule has 0 saturated carbocycles. The number of hydrogen-bond acceptors (Lipinski definition) is 11. The minimum absolute atomic E-state index is 0.163. The first-order valence-corrected chi connectivity index (χ1v) is 11.7. The quantitative estimate of drug-likeness (QED) is 0.236. The molecule has 0 aromatic carbocycles. The average Bonchev–Trinajstić information content (AvgIpc) is 2.78. The number of nitrogen functional groups attached to an aromatic ring is 1. The van der Waals surface area contributed by atoms with Crippen LogP contribution in [0, 0.1) is 0 Å². The molecule has 6 atom stereocenters. The highest BCUT2D eigenvalue weighted by molar-refractivity contribution is 7.66. The van der Waals surface area contributed by atoms with Gasteiger partial charge in [-0.05, 0) is 6.07 Å². The number of phosphoric acid groups is 3. The molecule has 0 amide bonds. The van der Waals surface area contributed by atoms with E-state index < -0.39 is 60.4 Å². The highest BCUT2D eigenvalue weighted by atomic mass is 31.3. The van der Waals surface area contributed by atoms with Gasteiger partial charge in [0.25, 0.3) is 0 Å². The molecule has 1 aromatic rings. The largest absolute Gasteiger partial charge is 0.490 e. The number of rotatable bonds is 8. The van der Waals surface area contributed by atoms with Gasteiger partial charge < -0.3 is 35.2 Å². The number of nitrogens with two attached hydrogens (primary N) is 1. The van der Waals surface area contributed by atoms with Crippen LogP contribution in [0.1, 0.15) is 6.23 Å². The fourth-order valence-electron chi connectivity index (χ4n) is 2.16. The molecule has 7 N–H and O–H groups in total. The lowest BCUT2D eigenvalue weighted by molar-refractivity contribution is -0.0481. The second kappa shape index (κ2) is 8.59. The molecule has 0 radical (unpaired) electrons. The maximum atomic E-state index is 14.3.